The zero-order chi connectivity index (χ0) is 20.9. The van der Waals surface area contributed by atoms with Crippen LogP contribution in [0.1, 0.15) is 36.4 Å². The SMILES string of the molecule is Cc1nc(CN2CCC(C(=O)N3CCC(C(=O)Nc4ccccc4)CC3)CC2)cs1. The molecule has 160 valence electrons. The number of aromatic nitrogens is 1. The Bertz CT molecular complexity index is 853. The molecule has 7 heteroatoms. The third-order valence-electron chi connectivity index (χ3n) is 6.21. The van der Waals surface area contributed by atoms with Crippen LogP contribution in [0.5, 0.6) is 0 Å². The highest BCUT2D eigenvalue weighted by atomic mass is 32.1. The fraction of sp³-hybridized carbons (Fsp3) is 0.522. The monoisotopic (exact) mass is 426 g/mol. The number of carbonyl (C=O) groups is 2. The molecule has 0 aliphatic carbocycles. The molecule has 1 aromatic heterocycles. The first-order valence-corrected chi connectivity index (χ1v) is 11.7. The average Bonchev–Trinajstić information content (AvgIpc) is 3.19. The molecule has 0 radical (unpaired) electrons. The molecule has 2 aromatic rings. The third kappa shape index (κ3) is 5.26. The molecule has 2 aliphatic heterocycles. The van der Waals surface area contributed by atoms with Gasteiger partial charge in [-0.25, -0.2) is 4.98 Å². The Labute approximate surface area is 182 Å². The molecule has 2 saturated heterocycles. The summed E-state index contributed by atoms with van der Waals surface area (Å²) in [6, 6.07) is 9.57. The van der Waals surface area contributed by atoms with E-state index in [1.54, 1.807) is 11.3 Å². The molecule has 6 nitrogen and oxygen atoms in total. The van der Waals surface area contributed by atoms with Gasteiger partial charge >= 0.3 is 0 Å². The minimum atomic E-state index is -0.0160. The molecule has 0 spiro atoms. The number of carbonyl (C=O) groups excluding carboxylic acids is 2. The molecule has 30 heavy (non-hydrogen) atoms. The van der Waals surface area contributed by atoms with Crippen LogP contribution in [0.4, 0.5) is 5.69 Å². The second-order valence-corrected chi connectivity index (χ2v) is 9.43. The number of aryl methyl sites for hydroxylation is 1. The van der Waals surface area contributed by atoms with Crippen molar-refractivity contribution in [1.29, 1.82) is 0 Å². The van der Waals surface area contributed by atoms with Crippen molar-refractivity contribution in [3.05, 3.63) is 46.4 Å². The van der Waals surface area contributed by atoms with E-state index in [0.717, 1.165) is 61.7 Å². The fourth-order valence-electron chi connectivity index (χ4n) is 4.43. The van der Waals surface area contributed by atoms with Crippen LogP contribution in [0, 0.1) is 18.8 Å². The number of piperidine rings is 2. The summed E-state index contributed by atoms with van der Waals surface area (Å²) in [5.41, 5.74) is 1.97. The van der Waals surface area contributed by atoms with Crippen molar-refractivity contribution in [3.63, 3.8) is 0 Å². The molecule has 1 N–H and O–H groups in total. The smallest absolute Gasteiger partial charge is 0.227 e. The molecular weight excluding hydrogens is 396 g/mol. The molecule has 3 heterocycles. The van der Waals surface area contributed by atoms with Gasteiger partial charge in [0.05, 0.1) is 10.7 Å². The molecule has 0 atom stereocenters. The van der Waals surface area contributed by atoms with Crippen molar-refractivity contribution in [2.75, 3.05) is 31.5 Å². The van der Waals surface area contributed by atoms with E-state index in [2.05, 4.69) is 20.6 Å². The van der Waals surface area contributed by atoms with Crippen molar-refractivity contribution in [2.45, 2.75) is 39.2 Å². The first-order valence-electron chi connectivity index (χ1n) is 10.9. The first kappa shape index (κ1) is 21.0. The van der Waals surface area contributed by atoms with Crippen molar-refractivity contribution in [1.82, 2.24) is 14.8 Å². The van der Waals surface area contributed by atoms with Crippen LogP contribution in [-0.4, -0.2) is 52.8 Å². The number of amides is 2. The maximum atomic E-state index is 13.0. The van der Waals surface area contributed by atoms with E-state index in [1.807, 2.05) is 42.2 Å². The Morgan fingerprint density at radius 3 is 2.33 bits per heavy atom. The lowest BCUT2D eigenvalue weighted by Gasteiger charge is -2.37. The summed E-state index contributed by atoms with van der Waals surface area (Å²) >= 11 is 1.69. The van der Waals surface area contributed by atoms with Crippen LogP contribution in [0.3, 0.4) is 0 Å². The highest BCUT2D eigenvalue weighted by Crippen LogP contribution is 2.25. The number of hydrogen-bond acceptors (Lipinski definition) is 5. The number of anilines is 1. The number of hydrogen-bond donors (Lipinski definition) is 1. The second-order valence-electron chi connectivity index (χ2n) is 8.36. The first-order chi connectivity index (χ1) is 14.6. The quantitative estimate of drug-likeness (QED) is 0.794. The number of nitrogens with one attached hydrogen (secondary N) is 1. The van der Waals surface area contributed by atoms with Crippen LogP contribution < -0.4 is 5.32 Å². The van der Waals surface area contributed by atoms with Crippen molar-refractivity contribution in [3.8, 4) is 0 Å². The largest absolute Gasteiger partial charge is 0.342 e. The number of rotatable bonds is 5. The summed E-state index contributed by atoms with van der Waals surface area (Å²) in [4.78, 5) is 34.4. The summed E-state index contributed by atoms with van der Waals surface area (Å²) in [7, 11) is 0. The van der Waals surface area contributed by atoms with Gasteiger partial charge in [-0.2, -0.15) is 0 Å². The topological polar surface area (TPSA) is 65.5 Å². The summed E-state index contributed by atoms with van der Waals surface area (Å²) in [6.45, 7) is 6.18. The minimum absolute atomic E-state index is 0.0160. The van der Waals surface area contributed by atoms with Gasteiger partial charge in [-0.15, -0.1) is 11.3 Å². The lowest BCUT2D eigenvalue weighted by molar-refractivity contribution is -0.139. The zero-order valence-electron chi connectivity index (χ0n) is 17.5. The van der Waals surface area contributed by atoms with Crippen LogP contribution in [0.15, 0.2) is 35.7 Å². The summed E-state index contributed by atoms with van der Waals surface area (Å²) in [5.74, 6) is 0.450. The second kappa shape index (κ2) is 9.71. The average molecular weight is 427 g/mol. The van der Waals surface area contributed by atoms with E-state index in [0.29, 0.717) is 13.1 Å². The van der Waals surface area contributed by atoms with Crippen molar-refractivity contribution < 1.29 is 9.59 Å². The molecule has 4 rings (SSSR count). The molecule has 0 saturated carbocycles. The van der Waals surface area contributed by atoms with E-state index >= 15 is 0 Å². The summed E-state index contributed by atoms with van der Waals surface area (Å²) in [5, 5.41) is 6.23. The molecule has 0 bridgehead atoms. The van der Waals surface area contributed by atoms with Crippen LogP contribution in [0.25, 0.3) is 0 Å². The highest BCUT2D eigenvalue weighted by Gasteiger charge is 2.32. The van der Waals surface area contributed by atoms with Crippen LogP contribution in [0.2, 0.25) is 0 Å². The molecule has 0 unspecified atom stereocenters. The van der Waals surface area contributed by atoms with E-state index in [1.165, 1.54) is 0 Å². The van der Waals surface area contributed by atoms with Crippen LogP contribution in [-0.2, 0) is 16.1 Å². The third-order valence-corrected chi connectivity index (χ3v) is 7.03. The van der Waals surface area contributed by atoms with Gasteiger partial charge in [0.2, 0.25) is 11.8 Å². The predicted molar refractivity (Wildman–Crippen MR) is 119 cm³/mol. The van der Waals surface area contributed by atoms with Crippen molar-refractivity contribution >= 4 is 28.8 Å². The standard InChI is InChI=1S/C23H30N4O2S/c1-17-24-21(16-30-17)15-26-11-7-19(8-12-26)23(29)27-13-9-18(10-14-27)22(28)25-20-5-3-2-4-6-20/h2-6,16,18-19H,7-15H2,1H3,(H,25,28). The Hall–Kier alpha value is -2.25. The summed E-state index contributed by atoms with van der Waals surface area (Å²) in [6.07, 6.45) is 3.31. The number of nitrogens with zero attached hydrogens (tertiary/aromatic N) is 3. The Balaban J connectivity index is 1.20. The normalized spacial score (nSPS) is 19.0. The number of benzene rings is 1. The van der Waals surface area contributed by atoms with E-state index < -0.39 is 0 Å². The fourth-order valence-corrected chi connectivity index (χ4v) is 5.04. The van der Waals surface area contributed by atoms with Gasteiger partial charge in [-0.1, -0.05) is 18.2 Å². The Morgan fingerprint density at radius 2 is 1.70 bits per heavy atom. The number of thiazole rings is 1. The van der Waals surface area contributed by atoms with Gasteiger partial charge in [-0.05, 0) is 57.8 Å². The van der Waals surface area contributed by atoms with Crippen LogP contribution >= 0.6 is 11.3 Å². The Morgan fingerprint density at radius 1 is 1.03 bits per heavy atom. The molecular formula is C23H30N4O2S. The molecule has 2 aliphatic rings. The van der Waals surface area contributed by atoms with Gasteiger partial charge in [-0.3, -0.25) is 14.5 Å². The van der Waals surface area contributed by atoms with Gasteiger partial charge < -0.3 is 10.2 Å². The van der Waals surface area contributed by atoms with Gasteiger partial charge in [0.1, 0.15) is 0 Å². The van der Waals surface area contributed by atoms with Gasteiger partial charge in [0.25, 0.3) is 0 Å². The van der Waals surface area contributed by atoms with Crippen molar-refractivity contribution in [2.24, 2.45) is 11.8 Å². The molecule has 1 aromatic carbocycles. The Kier molecular flexibility index (Phi) is 6.79. The highest BCUT2D eigenvalue weighted by molar-refractivity contribution is 7.09. The number of para-hydroxylation sites is 1. The van der Waals surface area contributed by atoms with E-state index in [4.69, 9.17) is 0 Å². The molecule has 2 amide bonds. The maximum Gasteiger partial charge on any atom is 0.227 e. The van der Waals surface area contributed by atoms with Gasteiger partial charge in [0.15, 0.2) is 0 Å². The number of likely N-dealkylation sites (tertiary alicyclic amines) is 2. The minimum Gasteiger partial charge on any atom is -0.342 e. The van der Waals surface area contributed by atoms with Gasteiger partial charge in [0, 0.05) is 42.5 Å². The predicted octanol–water partition coefficient (Wildman–Crippen LogP) is 3.54. The zero-order valence-corrected chi connectivity index (χ0v) is 18.4. The summed E-state index contributed by atoms with van der Waals surface area (Å²) < 4.78 is 0. The maximum absolute atomic E-state index is 13.0. The lowest BCUT2D eigenvalue weighted by atomic mass is 9.91. The molecule has 2 fully saturated rings. The van der Waals surface area contributed by atoms with E-state index in [9.17, 15) is 9.59 Å². The lowest BCUT2D eigenvalue weighted by Crippen LogP contribution is -2.46. The van der Waals surface area contributed by atoms with E-state index in [-0.39, 0.29) is 23.7 Å².